The Kier molecular flexibility index (Phi) is 7.90. The first-order valence-electron chi connectivity index (χ1n) is 9.99. The van der Waals surface area contributed by atoms with Gasteiger partial charge in [-0.15, -0.1) is 0 Å². The van der Waals surface area contributed by atoms with Crippen LogP contribution in [0.15, 0.2) is 91.0 Å². The van der Waals surface area contributed by atoms with Crippen LogP contribution in [0.1, 0.15) is 16.7 Å². The Balaban J connectivity index is 2.29. The molecule has 3 aromatic rings. The summed E-state index contributed by atoms with van der Waals surface area (Å²) in [6, 6.07) is 23.9. The quantitative estimate of drug-likeness (QED) is 0.201. The van der Waals surface area contributed by atoms with Gasteiger partial charge in [-0.1, -0.05) is 94.5 Å². The fraction of sp³-hybridized carbons (Fsp3) is 0.182. The summed E-state index contributed by atoms with van der Waals surface area (Å²) in [6.07, 6.45) is -0.740. The van der Waals surface area contributed by atoms with Gasteiger partial charge in [0.05, 0.1) is 5.41 Å². The van der Waals surface area contributed by atoms with Gasteiger partial charge in [0.15, 0.2) is 0 Å². The van der Waals surface area contributed by atoms with Gasteiger partial charge in [0.25, 0.3) is 0 Å². The van der Waals surface area contributed by atoms with Crippen molar-refractivity contribution in [1.82, 2.24) is 3.48 Å². The minimum absolute atomic E-state index is 0.406. The van der Waals surface area contributed by atoms with E-state index in [1.54, 1.807) is 91.0 Å². The highest BCUT2D eigenvalue weighted by Gasteiger charge is 2.62. The van der Waals surface area contributed by atoms with E-state index in [-0.39, 0.29) is 0 Å². The van der Waals surface area contributed by atoms with Crippen molar-refractivity contribution in [2.75, 3.05) is 6.16 Å². The third kappa shape index (κ3) is 5.15. The van der Waals surface area contributed by atoms with Gasteiger partial charge in [-0.05, 0) is 31.6 Å². The number of hydrogen-bond acceptors (Lipinski definition) is 4. The van der Waals surface area contributed by atoms with E-state index in [9.17, 15) is 43.2 Å². The highest BCUT2D eigenvalue weighted by Crippen LogP contribution is 2.48. The van der Waals surface area contributed by atoms with Crippen molar-refractivity contribution < 1.29 is 43.2 Å². The summed E-state index contributed by atoms with van der Waals surface area (Å²) in [5, 5.41) is 0. The first kappa shape index (κ1) is 28.1. The van der Waals surface area contributed by atoms with E-state index < -0.39 is 54.9 Å². The van der Waals surface area contributed by atoms with Crippen LogP contribution in [0.25, 0.3) is 0 Å². The van der Waals surface area contributed by atoms with E-state index in [4.69, 9.17) is 0 Å². The molecule has 0 saturated heterocycles. The minimum Gasteiger partial charge on any atom is -0.201 e. The smallest absolute Gasteiger partial charge is 0.201 e. The van der Waals surface area contributed by atoms with Crippen LogP contribution >= 0.6 is 8.73 Å². The molecule has 0 bridgehead atoms. The minimum atomic E-state index is -6.91. The van der Waals surface area contributed by atoms with Crippen LogP contribution in [0.5, 0.6) is 0 Å². The molecule has 5 nitrogen and oxygen atoms in total. The van der Waals surface area contributed by atoms with Crippen molar-refractivity contribution in [2.45, 2.75) is 16.4 Å². The van der Waals surface area contributed by atoms with Crippen molar-refractivity contribution in [3.8, 4) is 0 Å². The fourth-order valence-electron chi connectivity index (χ4n) is 3.64. The molecule has 0 saturated carbocycles. The fourth-order valence-corrected chi connectivity index (χ4v) is 8.91. The lowest BCUT2D eigenvalue weighted by molar-refractivity contribution is -0.0504. The molecule has 1 unspecified atom stereocenters. The van der Waals surface area contributed by atoms with Crippen LogP contribution in [-0.4, -0.2) is 37.5 Å². The number of hydrogen-bond donors (Lipinski definition) is 0. The number of halogens is 6. The van der Waals surface area contributed by atoms with E-state index >= 15 is 0 Å². The molecule has 1 atom stereocenters. The molecule has 0 aromatic heterocycles. The SMILES string of the molecule is O=S(=O)(N(PCC(c1ccccc1)(c1ccccc1)c1ccccc1)S(=O)(=O)C(F)(F)F)C(F)(F)F. The third-order valence-corrected chi connectivity index (χ3v) is 11.7. The summed E-state index contributed by atoms with van der Waals surface area (Å²) < 4.78 is 127. The number of alkyl halides is 6. The molecular weight excluding hydrogens is 551 g/mol. The van der Waals surface area contributed by atoms with Crippen LogP contribution in [-0.2, 0) is 25.5 Å². The zero-order valence-electron chi connectivity index (χ0n) is 18.0. The Morgan fingerprint density at radius 1 is 0.556 bits per heavy atom. The van der Waals surface area contributed by atoms with Crippen LogP contribution in [0.3, 0.4) is 0 Å². The molecule has 3 aromatic carbocycles. The van der Waals surface area contributed by atoms with Gasteiger partial charge in [0, 0.05) is 0 Å². The Hall–Kier alpha value is -2.47. The van der Waals surface area contributed by atoms with Gasteiger partial charge in [-0.25, -0.2) is 16.8 Å². The molecule has 0 fully saturated rings. The molecule has 0 amide bonds. The van der Waals surface area contributed by atoms with E-state index in [0.717, 1.165) is 0 Å². The summed E-state index contributed by atoms with van der Waals surface area (Å²) in [7, 11) is -15.8. The topological polar surface area (TPSA) is 71.5 Å². The molecule has 0 aliphatic carbocycles. The molecule has 0 aliphatic rings. The summed E-state index contributed by atoms with van der Waals surface area (Å²) in [5.74, 6) is 0. The average Bonchev–Trinajstić information content (AvgIpc) is 2.82. The average molecular weight is 569 g/mol. The van der Waals surface area contributed by atoms with Gasteiger partial charge < -0.3 is 0 Å². The maximum atomic E-state index is 13.3. The third-order valence-electron chi connectivity index (χ3n) is 5.29. The van der Waals surface area contributed by atoms with Gasteiger partial charge in [0.1, 0.15) is 0 Å². The number of nitrogens with zero attached hydrogens (tertiary/aromatic N) is 1. The van der Waals surface area contributed by atoms with Crippen LogP contribution in [0, 0.1) is 0 Å². The standard InChI is InChI=1S/C22H18F6NO4PS2/c23-21(24,25)35(30,31)29(36(32,33)22(26,27)28)34-16-20(17-10-4-1-5-11-17,18-12-6-2-7-13-18)19-14-8-3-9-15-19/h1-15,34H,16H2. The summed E-state index contributed by atoms with van der Waals surface area (Å²) in [5.41, 5.74) is -12.8. The normalized spacial score (nSPS) is 14.0. The monoisotopic (exact) mass is 569 g/mol. The Bertz CT molecular complexity index is 1240. The maximum Gasteiger partial charge on any atom is 0.512 e. The number of sulfonamides is 2. The largest absolute Gasteiger partial charge is 0.512 e. The molecule has 194 valence electrons. The van der Waals surface area contributed by atoms with Crippen molar-refractivity contribution in [3.63, 3.8) is 0 Å². The molecule has 0 spiro atoms. The van der Waals surface area contributed by atoms with Gasteiger partial charge in [0.2, 0.25) is 0 Å². The van der Waals surface area contributed by atoms with Crippen LogP contribution < -0.4 is 0 Å². The number of rotatable bonds is 8. The van der Waals surface area contributed by atoms with Crippen LogP contribution in [0.4, 0.5) is 26.3 Å². The van der Waals surface area contributed by atoms with E-state index in [1.807, 2.05) is 0 Å². The molecule has 0 radical (unpaired) electrons. The second kappa shape index (κ2) is 10.1. The van der Waals surface area contributed by atoms with E-state index in [2.05, 4.69) is 0 Å². The molecule has 0 N–H and O–H groups in total. The second-order valence-electron chi connectivity index (χ2n) is 7.44. The lowest BCUT2D eigenvalue weighted by Crippen LogP contribution is -2.46. The van der Waals surface area contributed by atoms with Crippen LogP contribution in [0.2, 0.25) is 0 Å². The molecule has 3 rings (SSSR count). The molecule has 14 heteroatoms. The highest BCUT2D eigenvalue weighted by atomic mass is 32.3. The molecule has 0 aliphatic heterocycles. The zero-order valence-corrected chi connectivity index (χ0v) is 20.7. The van der Waals surface area contributed by atoms with Gasteiger partial charge >= 0.3 is 31.1 Å². The molecular formula is C22H18F6NO4PS2. The van der Waals surface area contributed by atoms with Gasteiger partial charge in [-0.3, -0.25) is 0 Å². The zero-order chi connectivity index (χ0) is 26.8. The van der Waals surface area contributed by atoms with Crippen molar-refractivity contribution >= 4 is 28.8 Å². The Labute approximate surface area is 205 Å². The first-order valence-corrected chi connectivity index (χ1v) is 14.0. The number of benzene rings is 3. The van der Waals surface area contributed by atoms with Crippen molar-refractivity contribution in [1.29, 1.82) is 0 Å². The molecule has 0 heterocycles. The van der Waals surface area contributed by atoms with Gasteiger partial charge in [-0.2, -0.15) is 26.3 Å². The highest BCUT2D eigenvalue weighted by molar-refractivity contribution is 8.09. The second-order valence-corrected chi connectivity index (χ2v) is 13.0. The lowest BCUT2D eigenvalue weighted by Gasteiger charge is -2.37. The molecule has 36 heavy (non-hydrogen) atoms. The Morgan fingerprint density at radius 2 is 0.833 bits per heavy atom. The van der Waals surface area contributed by atoms with Crippen molar-refractivity contribution in [2.24, 2.45) is 0 Å². The summed E-state index contributed by atoms with van der Waals surface area (Å²) in [4.78, 5) is 0. The predicted molar refractivity (Wildman–Crippen MR) is 124 cm³/mol. The lowest BCUT2D eigenvalue weighted by atomic mass is 9.71. The maximum absolute atomic E-state index is 13.3. The first-order chi connectivity index (χ1) is 16.7. The summed E-state index contributed by atoms with van der Waals surface area (Å²) in [6.45, 7) is 0. The predicted octanol–water partition coefficient (Wildman–Crippen LogP) is 5.62. The Morgan fingerprint density at radius 3 is 1.08 bits per heavy atom. The van der Waals surface area contributed by atoms with E-state index in [0.29, 0.717) is 16.7 Å². The van der Waals surface area contributed by atoms with Crippen molar-refractivity contribution in [3.05, 3.63) is 108 Å². The summed E-state index contributed by atoms with van der Waals surface area (Å²) >= 11 is 0. The van der Waals surface area contributed by atoms with E-state index in [1.165, 1.54) is 0 Å².